The van der Waals surface area contributed by atoms with Gasteiger partial charge in [-0.15, -0.1) is 5.01 Å². The predicted molar refractivity (Wildman–Crippen MR) is 131 cm³/mol. The summed E-state index contributed by atoms with van der Waals surface area (Å²) in [6.07, 6.45) is -3.50. The van der Waals surface area contributed by atoms with Gasteiger partial charge in [0.25, 0.3) is 11.8 Å². The molecule has 2 rings (SSSR count). The van der Waals surface area contributed by atoms with E-state index in [4.69, 9.17) is 21.1 Å². The Balaban J connectivity index is 2.61. The number of nitrogens with zero attached hydrogens (tertiary/aromatic N) is 2. The SMILES string of the molecule is CCC(=O)OC(OC(=O)N(C(=O)c1ccc(Cl)cc1)N(C(=O)c1ccccc1)C(C)(C)C)C(=O)NC. The molecule has 0 fully saturated rings. The second kappa shape index (κ2) is 12.2. The fourth-order valence-corrected chi connectivity index (χ4v) is 3.09. The van der Waals surface area contributed by atoms with Gasteiger partial charge < -0.3 is 14.8 Å². The van der Waals surface area contributed by atoms with Gasteiger partial charge in [0.1, 0.15) is 0 Å². The van der Waals surface area contributed by atoms with Crippen molar-refractivity contribution < 1.29 is 33.4 Å². The summed E-state index contributed by atoms with van der Waals surface area (Å²) in [6, 6.07) is 13.6. The highest BCUT2D eigenvalue weighted by Crippen LogP contribution is 2.24. The number of carbonyl (C=O) groups excluding carboxylic acids is 5. The Morgan fingerprint density at radius 3 is 1.94 bits per heavy atom. The van der Waals surface area contributed by atoms with E-state index in [9.17, 15) is 24.0 Å². The molecule has 192 valence electrons. The maximum absolute atomic E-state index is 13.6. The molecule has 0 saturated carbocycles. The fourth-order valence-electron chi connectivity index (χ4n) is 2.96. The lowest BCUT2D eigenvalue weighted by Crippen LogP contribution is -2.61. The number of imide groups is 1. The number of esters is 1. The van der Waals surface area contributed by atoms with Gasteiger partial charge in [0, 0.05) is 29.6 Å². The van der Waals surface area contributed by atoms with Crippen LogP contribution in [0.3, 0.4) is 0 Å². The molecule has 10 nitrogen and oxygen atoms in total. The molecule has 1 unspecified atom stereocenters. The van der Waals surface area contributed by atoms with Crippen LogP contribution in [0.15, 0.2) is 54.6 Å². The van der Waals surface area contributed by atoms with E-state index in [0.29, 0.717) is 10.0 Å². The molecule has 4 amide bonds. The number of benzene rings is 2. The van der Waals surface area contributed by atoms with Crippen LogP contribution in [-0.4, -0.2) is 58.7 Å². The van der Waals surface area contributed by atoms with Crippen LogP contribution in [0.2, 0.25) is 5.02 Å². The van der Waals surface area contributed by atoms with Crippen LogP contribution in [0, 0.1) is 0 Å². The highest BCUT2D eigenvalue weighted by atomic mass is 35.5. The summed E-state index contributed by atoms with van der Waals surface area (Å²) in [4.78, 5) is 64.7. The van der Waals surface area contributed by atoms with E-state index < -0.39 is 41.6 Å². The molecule has 2 aromatic rings. The molecule has 2 aromatic carbocycles. The van der Waals surface area contributed by atoms with Gasteiger partial charge in [0.05, 0.1) is 5.54 Å². The molecule has 1 atom stereocenters. The summed E-state index contributed by atoms with van der Waals surface area (Å²) in [7, 11) is 1.25. The van der Waals surface area contributed by atoms with Crippen LogP contribution >= 0.6 is 11.6 Å². The number of halogens is 1. The molecule has 0 saturated heterocycles. The van der Waals surface area contributed by atoms with E-state index in [2.05, 4.69) is 5.32 Å². The lowest BCUT2D eigenvalue weighted by atomic mass is 10.1. The summed E-state index contributed by atoms with van der Waals surface area (Å²) in [5, 5.41) is 3.97. The first-order valence-corrected chi connectivity index (χ1v) is 11.4. The molecule has 11 heteroatoms. The van der Waals surface area contributed by atoms with E-state index in [1.807, 2.05) is 0 Å². The van der Waals surface area contributed by atoms with E-state index in [1.54, 1.807) is 39.0 Å². The molecular formula is C25H28ClN3O7. The van der Waals surface area contributed by atoms with Crippen LogP contribution in [0.5, 0.6) is 0 Å². The van der Waals surface area contributed by atoms with Crippen molar-refractivity contribution in [3.8, 4) is 0 Å². The molecule has 0 spiro atoms. The zero-order valence-corrected chi connectivity index (χ0v) is 21.4. The van der Waals surface area contributed by atoms with Gasteiger partial charge in [-0.2, -0.15) is 0 Å². The third-order valence-corrected chi connectivity index (χ3v) is 4.95. The number of ether oxygens (including phenoxy) is 2. The first-order chi connectivity index (χ1) is 16.9. The first-order valence-electron chi connectivity index (χ1n) is 11.0. The van der Waals surface area contributed by atoms with Gasteiger partial charge in [0.2, 0.25) is 0 Å². The summed E-state index contributed by atoms with van der Waals surface area (Å²) >= 11 is 5.93. The minimum atomic E-state index is -2.00. The van der Waals surface area contributed by atoms with Crippen molar-refractivity contribution in [1.29, 1.82) is 0 Å². The van der Waals surface area contributed by atoms with Crippen LogP contribution < -0.4 is 5.32 Å². The van der Waals surface area contributed by atoms with Crippen LogP contribution in [0.1, 0.15) is 54.8 Å². The minimum Gasteiger partial charge on any atom is -0.416 e. The number of nitrogens with one attached hydrogen (secondary N) is 1. The lowest BCUT2D eigenvalue weighted by molar-refractivity contribution is -0.179. The Labute approximate surface area is 214 Å². The summed E-state index contributed by atoms with van der Waals surface area (Å²) in [5.41, 5.74) is -0.931. The van der Waals surface area contributed by atoms with Crippen molar-refractivity contribution in [2.24, 2.45) is 0 Å². The van der Waals surface area contributed by atoms with Crippen molar-refractivity contribution in [2.75, 3.05) is 7.05 Å². The Morgan fingerprint density at radius 1 is 0.889 bits per heavy atom. The van der Waals surface area contributed by atoms with Crippen molar-refractivity contribution in [3.63, 3.8) is 0 Å². The number of amides is 4. The Kier molecular flexibility index (Phi) is 9.57. The molecule has 0 aromatic heterocycles. The quantitative estimate of drug-likeness (QED) is 0.351. The van der Waals surface area contributed by atoms with E-state index >= 15 is 0 Å². The van der Waals surface area contributed by atoms with Gasteiger partial charge in [-0.3, -0.25) is 19.2 Å². The third-order valence-electron chi connectivity index (χ3n) is 4.70. The molecule has 0 aliphatic heterocycles. The summed E-state index contributed by atoms with van der Waals surface area (Å²) < 4.78 is 10.1. The van der Waals surface area contributed by atoms with Crippen molar-refractivity contribution in [1.82, 2.24) is 15.3 Å². The topological polar surface area (TPSA) is 122 Å². The standard InChI is InChI=1S/C25H28ClN3O7/c1-6-19(30)35-23(20(31)27-5)36-24(34)28(21(32)17-12-14-18(26)15-13-17)29(25(2,3)4)22(33)16-10-8-7-9-11-16/h7-15,23H,6H2,1-5H3,(H,27,31). The average Bonchev–Trinajstić information content (AvgIpc) is 2.85. The van der Waals surface area contributed by atoms with Gasteiger partial charge >= 0.3 is 24.3 Å². The number of rotatable bonds is 6. The number of hydrogen-bond donors (Lipinski definition) is 1. The Bertz CT molecular complexity index is 1110. The largest absolute Gasteiger partial charge is 0.440 e. The maximum Gasteiger partial charge on any atom is 0.440 e. The van der Waals surface area contributed by atoms with E-state index in [1.165, 1.54) is 50.4 Å². The zero-order chi connectivity index (χ0) is 27.0. The molecule has 0 radical (unpaired) electrons. The second-order valence-electron chi connectivity index (χ2n) is 8.45. The van der Waals surface area contributed by atoms with Crippen molar-refractivity contribution >= 4 is 41.4 Å². The van der Waals surface area contributed by atoms with Crippen molar-refractivity contribution in [2.45, 2.75) is 45.9 Å². The van der Waals surface area contributed by atoms with E-state index in [-0.39, 0.29) is 17.5 Å². The molecule has 36 heavy (non-hydrogen) atoms. The molecule has 0 aliphatic rings. The van der Waals surface area contributed by atoms with Gasteiger partial charge in [-0.05, 0) is 57.2 Å². The smallest absolute Gasteiger partial charge is 0.416 e. The molecule has 0 aliphatic carbocycles. The van der Waals surface area contributed by atoms with E-state index in [0.717, 1.165) is 5.01 Å². The number of likely N-dealkylation sites (N-methyl/N-ethyl adjacent to an activating group) is 1. The zero-order valence-electron chi connectivity index (χ0n) is 20.6. The Hall–Kier alpha value is -3.92. The highest BCUT2D eigenvalue weighted by Gasteiger charge is 2.42. The fraction of sp³-hybridized carbons (Fsp3) is 0.320. The first kappa shape index (κ1) is 28.3. The summed E-state index contributed by atoms with van der Waals surface area (Å²) in [5.74, 6) is -3.39. The lowest BCUT2D eigenvalue weighted by Gasteiger charge is -2.41. The van der Waals surface area contributed by atoms with Gasteiger partial charge in [0.15, 0.2) is 0 Å². The normalized spacial score (nSPS) is 11.6. The number of hydrogen-bond acceptors (Lipinski definition) is 7. The average molecular weight is 518 g/mol. The molecule has 0 heterocycles. The molecule has 0 bridgehead atoms. The van der Waals surface area contributed by atoms with Crippen LogP contribution in [0.25, 0.3) is 0 Å². The van der Waals surface area contributed by atoms with Crippen LogP contribution in [-0.2, 0) is 19.1 Å². The Morgan fingerprint density at radius 2 is 1.44 bits per heavy atom. The second-order valence-corrected chi connectivity index (χ2v) is 8.89. The predicted octanol–water partition coefficient (Wildman–Crippen LogP) is 3.80. The minimum absolute atomic E-state index is 0.00788. The monoisotopic (exact) mass is 517 g/mol. The molecule has 1 N–H and O–H groups in total. The highest BCUT2D eigenvalue weighted by molar-refractivity contribution is 6.30. The maximum atomic E-state index is 13.6. The van der Waals surface area contributed by atoms with Crippen LogP contribution in [0.4, 0.5) is 4.79 Å². The third kappa shape index (κ3) is 7.05. The summed E-state index contributed by atoms with van der Waals surface area (Å²) in [6.45, 7) is 6.31. The number of carbonyl (C=O) groups is 5. The van der Waals surface area contributed by atoms with Gasteiger partial charge in [-0.25, -0.2) is 9.80 Å². The molecular weight excluding hydrogens is 490 g/mol. The van der Waals surface area contributed by atoms with Gasteiger partial charge in [-0.1, -0.05) is 36.7 Å². The number of hydrazine groups is 1. The van der Waals surface area contributed by atoms with Crippen molar-refractivity contribution in [3.05, 3.63) is 70.7 Å².